The molecule has 3 nitrogen and oxygen atoms in total. The van der Waals surface area contributed by atoms with Crippen LogP contribution in [0.25, 0.3) is 10.9 Å². The molecule has 0 saturated heterocycles. The molecule has 1 heterocycles. The number of esters is 1. The van der Waals surface area contributed by atoms with Gasteiger partial charge in [0, 0.05) is 10.9 Å². The second kappa shape index (κ2) is 4.00. The molecule has 0 unspecified atom stereocenters. The van der Waals surface area contributed by atoms with Crippen molar-refractivity contribution in [3.05, 3.63) is 35.0 Å². The molecule has 1 aromatic heterocycles. The van der Waals surface area contributed by atoms with Crippen molar-refractivity contribution in [3.63, 3.8) is 0 Å². The Labute approximate surface area is 94.4 Å². The van der Waals surface area contributed by atoms with Crippen LogP contribution in [0.5, 0.6) is 0 Å². The summed E-state index contributed by atoms with van der Waals surface area (Å²) in [5, 5.41) is 1.08. The zero-order chi connectivity index (χ0) is 11.7. The van der Waals surface area contributed by atoms with Crippen LogP contribution in [0.3, 0.4) is 0 Å². The summed E-state index contributed by atoms with van der Waals surface area (Å²) in [5.74, 6) is -0.283. The average Bonchev–Trinajstić information content (AvgIpc) is 2.56. The van der Waals surface area contributed by atoms with E-state index < -0.39 is 0 Å². The number of aryl methyl sites for hydroxylation is 2. The number of benzene rings is 1. The molecule has 0 saturated carbocycles. The number of aromatic amines is 1. The monoisotopic (exact) mass is 217 g/mol. The Balaban J connectivity index is 2.55. The van der Waals surface area contributed by atoms with E-state index >= 15 is 0 Å². The van der Waals surface area contributed by atoms with E-state index in [4.69, 9.17) is 4.74 Å². The molecule has 1 N–H and O–H groups in total. The van der Waals surface area contributed by atoms with Gasteiger partial charge < -0.3 is 9.72 Å². The van der Waals surface area contributed by atoms with Crippen molar-refractivity contribution in [2.24, 2.45) is 0 Å². The number of H-pyrrole nitrogens is 1. The standard InChI is InChI=1S/C13H15NO2/c1-4-16-13(15)12-9(3)10-6-5-8(2)7-11(10)14-12/h5-7,14H,4H2,1-3H3. The summed E-state index contributed by atoms with van der Waals surface area (Å²) in [6.45, 7) is 6.16. The summed E-state index contributed by atoms with van der Waals surface area (Å²) < 4.78 is 5.00. The maximum absolute atomic E-state index is 11.7. The largest absolute Gasteiger partial charge is 0.461 e. The minimum absolute atomic E-state index is 0.283. The summed E-state index contributed by atoms with van der Waals surface area (Å²) in [6, 6.07) is 6.10. The minimum Gasteiger partial charge on any atom is -0.461 e. The fraction of sp³-hybridized carbons (Fsp3) is 0.308. The third-order valence-corrected chi connectivity index (χ3v) is 2.69. The third kappa shape index (κ3) is 1.69. The van der Waals surface area contributed by atoms with Gasteiger partial charge in [0.1, 0.15) is 5.69 Å². The van der Waals surface area contributed by atoms with Crippen LogP contribution in [0.4, 0.5) is 0 Å². The number of ether oxygens (including phenoxy) is 1. The van der Waals surface area contributed by atoms with Crippen molar-refractivity contribution < 1.29 is 9.53 Å². The highest BCUT2D eigenvalue weighted by Crippen LogP contribution is 2.23. The summed E-state index contributed by atoms with van der Waals surface area (Å²) in [6.07, 6.45) is 0. The molecule has 2 rings (SSSR count). The highest BCUT2D eigenvalue weighted by atomic mass is 16.5. The minimum atomic E-state index is -0.283. The Bertz CT molecular complexity index is 540. The molecule has 16 heavy (non-hydrogen) atoms. The first kappa shape index (κ1) is 10.7. The predicted molar refractivity (Wildman–Crippen MR) is 63.7 cm³/mol. The molecule has 0 aliphatic rings. The Hall–Kier alpha value is -1.77. The quantitative estimate of drug-likeness (QED) is 0.786. The van der Waals surface area contributed by atoms with Gasteiger partial charge in [-0.25, -0.2) is 4.79 Å². The maximum atomic E-state index is 11.7. The van der Waals surface area contributed by atoms with E-state index in [1.165, 1.54) is 5.56 Å². The number of fused-ring (bicyclic) bond motifs is 1. The summed E-state index contributed by atoms with van der Waals surface area (Å²) in [4.78, 5) is 14.8. The molecule has 84 valence electrons. The molecule has 2 aromatic rings. The molecular weight excluding hydrogens is 202 g/mol. The fourth-order valence-corrected chi connectivity index (χ4v) is 1.86. The Kier molecular flexibility index (Phi) is 2.69. The molecule has 0 aliphatic heterocycles. The van der Waals surface area contributed by atoms with Gasteiger partial charge in [0.2, 0.25) is 0 Å². The topological polar surface area (TPSA) is 42.1 Å². The molecule has 0 spiro atoms. The zero-order valence-corrected chi connectivity index (χ0v) is 9.76. The van der Waals surface area contributed by atoms with E-state index in [1.807, 2.05) is 32.0 Å². The van der Waals surface area contributed by atoms with Gasteiger partial charge in [0.25, 0.3) is 0 Å². The average molecular weight is 217 g/mol. The number of carbonyl (C=O) groups excluding carboxylic acids is 1. The van der Waals surface area contributed by atoms with Crippen LogP contribution in [0, 0.1) is 13.8 Å². The Morgan fingerprint density at radius 2 is 2.12 bits per heavy atom. The lowest BCUT2D eigenvalue weighted by Gasteiger charge is -1.99. The molecule has 0 radical (unpaired) electrons. The van der Waals surface area contributed by atoms with E-state index in [0.717, 1.165) is 16.5 Å². The van der Waals surface area contributed by atoms with E-state index in [9.17, 15) is 4.79 Å². The molecule has 0 fully saturated rings. The lowest BCUT2D eigenvalue weighted by atomic mass is 10.1. The van der Waals surface area contributed by atoms with Gasteiger partial charge in [-0.15, -0.1) is 0 Å². The SMILES string of the molecule is CCOC(=O)c1[nH]c2cc(C)ccc2c1C. The van der Waals surface area contributed by atoms with E-state index in [0.29, 0.717) is 12.3 Å². The van der Waals surface area contributed by atoms with Crippen molar-refractivity contribution in [2.75, 3.05) is 6.61 Å². The normalized spacial score (nSPS) is 10.7. The van der Waals surface area contributed by atoms with Gasteiger partial charge >= 0.3 is 5.97 Å². The smallest absolute Gasteiger partial charge is 0.355 e. The molecular formula is C13H15NO2. The highest BCUT2D eigenvalue weighted by molar-refractivity contribution is 5.98. The van der Waals surface area contributed by atoms with Crippen LogP contribution >= 0.6 is 0 Å². The summed E-state index contributed by atoms with van der Waals surface area (Å²) >= 11 is 0. The van der Waals surface area contributed by atoms with Crippen molar-refractivity contribution in [2.45, 2.75) is 20.8 Å². The third-order valence-electron chi connectivity index (χ3n) is 2.69. The second-order valence-electron chi connectivity index (χ2n) is 3.89. The van der Waals surface area contributed by atoms with Crippen LogP contribution in [-0.2, 0) is 4.74 Å². The van der Waals surface area contributed by atoms with Gasteiger partial charge in [0.15, 0.2) is 0 Å². The zero-order valence-electron chi connectivity index (χ0n) is 9.76. The molecule has 3 heteroatoms. The van der Waals surface area contributed by atoms with Gasteiger partial charge in [0.05, 0.1) is 6.61 Å². The molecule has 0 aliphatic carbocycles. The number of rotatable bonds is 2. The lowest BCUT2D eigenvalue weighted by Crippen LogP contribution is -2.06. The molecule has 0 bridgehead atoms. The number of hydrogen-bond acceptors (Lipinski definition) is 2. The second-order valence-corrected chi connectivity index (χ2v) is 3.89. The molecule has 0 amide bonds. The predicted octanol–water partition coefficient (Wildman–Crippen LogP) is 2.96. The van der Waals surface area contributed by atoms with Crippen molar-refractivity contribution in [1.82, 2.24) is 4.98 Å². The first-order chi connectivity index (χ1) is 7.63. The van der Waals surface area contributed by atoms with E-state index in [2.05, 4.69) is 4.98 Å². The van der Waals surface area contributed by atoms with Crippen LogP contribution in [0.15, 0.2) is 18.2 Å². The number of carbonyl (C=O) groups is 1. The molecule has 0 atom stereocenters. The van der Waals surface area contributed by atoms with Crippen LogP contribution in [0.1, 0.15) is 28.5 Å². The number of hydrogen-bond donors (Lipinski definition) is 1. The van der Waals surface area contributed by atoms with Gasteiger partial charge in [-0.05, 0) is 38.0 Å². The summed E-state index contributed by atoms with van der Waals surface area (Å²) in [7, 11) is 0. The highest BCUT2D eigenvalue weighted by Gasteiger charge is 2.15. The summed E-state index contributed by atoms with van der Waals surface area (Å²) in [5.41, 5.74) is 3.67. The van der Waals surface area contributed by atoms with Gasteiger partial charge in [-0.3, -0.25) is 0 Å². The molecule has 1 aromatic carbocycles. The number of aromatic nitrogens is 1. The van der Waals surface area contributed by atoms with Crippen molar-refractivity contribution >= 4 is 16.9 Å². The van der Waals surface area contributed by atoms with Crippen molar-refractivity contribution in [1.29, 1.82) is 0 Å². The Morgan fingerprint density at radius 3 is 2.81 bits per heavy atom. The van der Waals surface area contributed by atoms with E-state index in [-0.39, 0.29) is 5.97 Å². The van der Waals surface area contributed by atoms with Crippen molar-refractivity contribution in [3.8, 4) is 0 Å². The number of nitrogens with one attached hydrogen (secondary N) is 1. The van der Waals surface area contributed by atoms with Crippen LogP contribution in [0.2, 0.25) is 0 Å². The Morgan fingerprint density at radius 1 is 1.38 bits per heavy atom. The van der Waals surface area contributed by atoms with Crippen LogP contribution in [-0.4, -0.2) is 17.6 Å². The van der Waals surface area contributed by atoms with E-state index in [1.54, 1.807) is 6.92 Å². The first-order valence-corrected chi connectivity index (χ1v) is 5.39. The van der Waals surface area contributed by atoms with Gasteiger partial charge in [-0.1, -0.05) is 12.1 Å². The van der Waals surface area contributed by atoms with Crippen LogP contribution < -0.4 is 0 Å². The first-order valence-electron chi connectivity index (χ1n) is 5.39. The van der Waals surface area contributed by atoms with Gasteiger partial charge in [-0.2, -0.15) is 0 Å². The maximum Gasteiger partial charge on any atom is 0.355 e. The lowest BCUT2D eigenvalue weighted by molar-refractivity contribution is 0.0520. The fourth-order valence-electron chi connectivity index (χ4n) is 1.86.